The summed E-state index contributed by atoms with van der Waals surface area (Å²) in [5, 5.41) is 22.1. The van der Waals surface area contributed by atoms with Gasteiger partial charge < -0.3 is 5.32 Å². The second kappa shape index (κ2) is 5.46. The minimum absolute atomic E-state index is 0.0497. The van der Waals surface area contributed by atoms with Crippen LogP contribution in [0.5, 0.6) is 0 Å². The van der Waals surface area contributed by atoms with Gasteiger partial charge in [-0.2, -0.15) is 5.26 Å². The first-order valence-electron chi connectivity index (χ1n) is 4.93. The number of anilines is 1. The number of nitro benzene ring substituents is 1. The minimum atomic E-state index is -3.07. The SMILES string of the molecule is CS(=O)(=O)CCNc1ccc([N+](=O)[O-])c(C#N)c1. The van der Waals surface area contributed by atoms with Crippen molar-refractivity contribution in [2.45, 2.75) is 0 Å². The average Bonchev–Trinajstić information content (AvgIpc) is 2.26. The maximum absolute atomic E-state index is 10.9. The molecule has 0 saturated heterocycles. The maximum Gasteiger partial charge on any atom is 0.287 e. The summed E-state index contributed by atoms with van der Waals surface area (Å²) in [5.74, 6) is -0.0497. The van der Waals surface area contributed by atoms with Crippen LogP contribution in [0.25, 0.3) is 0 Å². The minimum Gasteiger partial charge on any atom is -0.384 e. The Balaban J connectivity index is 2.81. The van der Waals surface area contributed by atoms with Crippen LogP contribution in [0.1, 0.15) is 5.56 Å². The highest BCUT2D eigenvalue weighted by molar-refractivity contribution is 7.90. The largest absolute Gasteiger partial charge is 0.384 e. The van der Waals surface area contributed by atoms with Crippen molar-refractivity contribution in [2.75, 3.05) is 23.9 Å². The lowest BCUT2D eigenvalue weighted by Gasteiger charge is -2.05. The number of hydrogen-bond donors (Lipinski definition) is 1. The first-order chi connectivity index (χ1) is 8.33. The van der Waals surface area contributed by atoms with E-state index in [0.29, 0.717) is 5.69 Å². The summed E-state index contributed by atoms with van der Waals surface area (Å²) in [6.07, 6.45) is 1.12. The van der Waals surface area contributed by atoms with Crippen molar-refractivity contribution in [1.82, 2.24) is 0 Å². The molecular weight excluding hydrogens is 258 g/mol. The van der Waals surface area contributed by atoms with Crippen molar-refractivity contribution in [3.63, 3.8) is 0 Å². The highest BCUT2D eigenvalue weighted by atomic mass is 32.2. The van der Waals surface area contributed by atoms with Crippen LogP contribution >= 0.6 is 0 Å². The highest BCUT2D eigenvalue weighted by Crippen LogP contribution is 2.21. The van der Waals surface area contributed by atoms with E-state index >= 15 is 0 Å². The molecule has 0 fully saturated rings. The Morgan fingerprint density at radius 2 is 2.17 bits per heavy atom. The van der Waals surface area contributed by atoms with Gasteiger partial charge in [-0.1, -0.05) is 0 Å². The summed E-state index contributed by atoms with van der Waals surface area (Å²) in [5.41, 5.74) is 0.135. The van der Waals surface area contributed by atoms with Gasteiger partial charge in [0.15, 0.2) is 0 Å². The standard InChI is InChI=1S/C10H11N3O4S/c1-18(16,17)5-4-12-9-2-3-10(13(14)15)8(6-9)7-11/h2-3,6,12H,4-5H2,1H3. The lowest BCUT2D eigenvalue weighted by Crippen LogP contribution is -2.14. The number of nitrogens with zero attached hydrogens (tertiary/aromatic N) is 2. The first-order valence-corrected chi connectivity index (χ1v) is 6.99. The molecule has 0 bridgehead atoms. The molecule has 0 saturated carbocycles. The summed E-state index contributed by atoms with van der Waals surface area (Å²) >= 11 is 0. The van der Waals surface area contributed by atoms with Gasteiger partial charge in [-0.15, -0.1) is 0 Å². The molecule has 18 heavy (non-hydrogen) atoms. The number of nitro groups is 1. The van der Waals surface area contributed by atoms with E-state index in [1.54, 1.807) is 6.07 Å². The van der Waals surface area contributed by atoms with Gasteiger partial charge in [-0.25, -0.2) is 8.42 Å². The Labute approximate surface area is 104 Å². The zero-order valence-electron chi connectivity index (χ0n) is 9.58. The van der Waals surface area contributed by atoms with Gasteiger partial charge in [0.2, 0.25) is 0 Å². The number of sulfone groups is 1. The maximum atomic E-state index is 10.9. The van der Waals surface area contributed by atoms with E-state index in [0.717, 1.165) is 6.26 Å². The van der Waals surface area contributed by atoms with Crippen molar-refractivity contribution < 1.29 is 13.3 Å². The topological polar surface area (TPSA) is 113 Å². The molecule has 0 aliphatic heterocycles. The van der Waals surface area contributed by atoms with Gasteiger partial charge in [0.1, 0.15) is 21.5 Å². The summed E-state index contributed by atoms with van der Waals surface area (Å²) < 4.78 is 21.8. The fourth-order valence-corrected chi connectivity index (χ4v) is 1.75. The zero-order chi connectivity index (χ0) is 13.8. The number of benzene rings is 1. The quantitative estimate of drug-likeness (QED) is 0.628. The lowest BCUT2D eigenvalue weighted by molar-refractivity contribution is -0.385. The van der Waals surface area contributed by atoms with E-state index in [4.69, 9.17) is 5.26 Å². The normalized spacial score (nSPS) is 10.7. The number of hydrogen-bond acceptors (Lipinski definition) is 6. The molecular formula is C10H11N3O4S. The first kappa shape index (κ1) is 13.9. The average molecular weight is 269 g/mol. The Bertz CT molecular complexity index is 604. The van der Waals surface area contributed by atoms with Gasteiger partial charge in [0, 0.05) is 24.6 Å². The van der Waals surface area contributed by atoms with Crippen molar-refractivity contribution in [2.24, 2.45) is 0 Å². The van der Waals surface area contributed by atoms with E-state index in [2.05, 4.69) is 5.32 Å². The third kappa shape index (κ3) is 4.03. The lowest BCUT2D eigenvalue weighted by atomic mass is 10.2. The van der Waals surface area contributed by atoms with Crippen LogP contribution in [0.3, 0.4) is 0 Å². The van der Waals surface area contributed by atoms with Gasteiger partial charge >= 0.3 is 0 Å². The van der Waals surface area contributed by atoms with Crippen molar-refractivity contribution >= 4 is 21.2 Å². The van der Waals surface area contributed by atoms with Gasteiger partial charge in [0.25, 0.3) is 5.69 Å². The Hall–Kier alpha value is -2.14. The molecule has 0 unspecified atom stereocenters. The third-order valence-electron chi connectivity index (χ3n) is 2.12. The molecule has 0 spiro atoms. The highest BCUT2D eigenvalue weighted by Gasteiger charge is 2.13. The Morgan fingerprint density at radius 3 is 2.67 bits per heavy atom. The van der Waals surface area contributed by atoms with Crippen molar-refractivity contribution in [3.8, 4) is 6.07 Å². The molecule has 0 aliphatic rings. The molecule has 0 atom stereocenters. The molecule has 1 aromatic rings. The van der Waals surface area contributed by atoms with Crippen LogP contribution in [-0.4, -0.2) is 31.9 Å². The summed E-state index contributed by atoms with van der Waals surface area (Å²) in [6.45, 7) is 0.182. The van der Waals surface area contributed by atoms with Gasteiger partial charge in [-0.3, -0.25) is 10.1 Å². The van der Waals surface area contributed by atoms with Crippen LogP contribution in [0, 0.1) is 21.4 Å². The van der Waals surface area contributed by atoms with Crippen LogP contribution in [0.2, 0.25) is 0 Å². The van der Waals surface area contributed by atoms with Gasteiger partial charge in [0.05, 0.1) is 10.7 Å². The molecule has 0 amide bonds. The molecule has 1 N–H and O–H groups in total. The van der Waals surface area contributed by atoms with Crippen molar-refractivity contribution in [3.05, 3.63) is 33.9 Å². The molecule has 8 heteroatoms. The fraction of sp³-hybridized carbons (Fsp3) is 0.300. The molecule has 0 aromatic heterocycles. The van der Waals surface area contributed by atoms with E-state index in [1.165, 1.54) is 18.2 Å². The molecule has 0 aliphatic carbocycles. The summed E-state index contributed by atoms with van der Waals surface area (Å²) in [6, 6.07) is 5.69. The second-order valence-corrected chi connectivity index (χ2v) is 5.92. The van der Waals surface area contributed by atoms with E-state index in [-0.39, 0.29) is 23.5 Å². The van der Waals surface area contributed by atoms with Crippen LogP contribution in [0.4, 0.5) is 11.4 Å². The predicted molar refractivity (Wildman–Crippen MR) is 66.0 cm³/mol. The molecule has 96 valence electrons. The van der Waals surface area contributed by atoms with E-state index < -0.39 is 14.8 Å². The van der Waals surface area contributed by atoms with Crippen molar-refractivity contribution in [1.29, 1.82) is 5.26 Å². The second-order valence-electron chi connectivity index (χ2n) is 3.66. The fourth-order valence-electron chi connectivity index (χ4n) is 1.28. The molecule has 0 heterocycles. The van der Waals surface area contributed by atoms with Crippen LogP contribution in [0.15, 0.2) is 18.2 Å². The number of nitrogens with one attached hydrogen (secondary N) is 1. The molecule has 1 aromatic carbocycles. The monoisotopic (exact) mass is 269 g/mol. The third-order valence-corrected chi connectivity index (χ3v) is 3.06. The predicted octanol–water partition coefficient (Wildman–Crippen LogP) is 0.923. The smallest absolute Gasteiger partial charge is 0.287 e. The molecule has 0 radical (unpaired) electrons. The van der Waals surface area contributed by atoms with Gasteiger partial charge in [-0.05, 0) is 12.1 Å². The summed E-state index contributed by atoms with van der Waals surface area (Å²) in [7, 11) is -3.07. The van der Waals surface area contributed by atoms with E-state index in [1.807, 2.05) is 0 Å². The number of rotatable bonds is 5. The zero-order valence-corrected chi connectivity index (χ0v) is 10.4. The summed E-state index contributed by atoms with van der Waals surface area (Å²) in [4.78, 5) is 9.95. The molecule has 1 rings (SSSR count). The van der Waals surface area contributed by atoms with Crippen LogP contribution in [-0.2, 0) is 9.84 Å². The molecule has 7 nitrogen and oxygen atoms in total. The Kier molecular flexibility index (Phi) is 4.23. The Morgan fingerprint density at radius 1 is 1.50 bits per heavy atom. The number of nitriles is 1. The van der Waals surface area contributed by atoms with Crippen LogP contribution < -0.4 is 5.32 Å². The van der Waals surface area contributed by atoms with E-state index in [9.17, 15) is 18.5 Å².